The zero-order valence-corrected chi connectivity index (χ0v) is 13.5. The molecule has 3 rings (SSSR count). The minimum Gasteiger partial charge on any atom is -0.480 e. The van der Waals surface area contributed by atoms with Crippen LogP contribution in [0, 0.1) is 5.82 Å². The van der Waals surface area contributed by atoms with Gasteiger partial charge in [-0.1, -0.05) is 6.07 Å². The normalized spacial score (nSPS) is 18.5. The minimum absolute atomic E-state index is 0.326. The molecule has 0 bridgehead atoms. The number of halogens is 2. The molecule has 1 N–H and O–H groups in total. The molecule has 21 heavy (non-hydrogen) atoms. The second-order valence-electron chi connectivity index (χ2n) is 5.01. The van der Waals surface area contributed by atoms with Crippen molar-refractivity contribution in [2.45, 2.75) is 19.0 Å². The second kappa shape index (κ2) is 5.87. The van der Waals surface area contributed by atoms with Gasteiger partial charge in [0.1, 0.15) is 11.9 Å². The predicted molar refractivity (Wildman–Crippen MR) is 82.9 cm³/mol. The molecule has 1 aliphatic heterocycles. The summed E-state index contributed by atoms with van der Waals surface area (Å²) in [4.78, 5) is 14.6. The molecule has 1 atom stereocenters. The fourth-order valence-corrected chi connectivity index (χ4v) is 3.85. The standard InChI is InChI=1S/C15H13BrFNO2S/c16-11-2-1-9(7-12(11)17)8-18-5-3-13-10(4-6-21-13)14(18)15(19)20/h1-2,4,6-7,14H,3,5,8H2,(H,19,20). The first-order valence-corrected chi connectivity index (χ1v) is 8.20. The zero-order chi connectivity index (χ0) is 15.0. The summed E-state index contributed by atoms with van der Waals surface area (Å²) in [7, 11) is 0. The molecule has 3 nitrogen and oxygen atoms in total. The second-order valence-corrected chi connectivity index (χ2v) is 6.86. The lowest BCUT2D eigenvalue weighted by Crippen LogP contribution is -2.38. The zero-order valence-electron chi connectivity index (χ0n) is 11.1. The first kappa shape index (κ1) is 14.7. The van der Waals surface area contributed by atoms with Gasteiger partial charge < -0.3 is 5.11 Å². The van der Waals surface area contributed by atoms with Crippen molar-refractivity contribution in [1.29, 1.82) is 0 Å². The Balaban J connectivity index is 1.88. The van der Waals surface area contributed by atoms with Gasteiger partial charge in [-0.3, -0.25) is 9.69 Å². The molecule has 1 unspecified atom stereocenters. The van der Waals surface area contributed by atoms with E-state index in [9.17, 15) is 14.3 Å². The van der Waals surface area contributed by atoms with Gasteiger partial charge in [0.25, 0.3) is 0 Å². The average molecular weight is 370 g/mol. The first-order valence-electron chi connectivity index (χ1n) is 6.53. The van der Waals surface area contributed by atoms with E-state index in [2.05, 4.69) is 15.9 Å². The Morgan fingerprint density at radius 3 is 3.00 bits per heavy atom. The van der Waals surface area contributed by atoms with Crippen LogP contribution >= 0.6 is 27.3 Å². The minimum atomic E-state index is -0.855. The Morgan fingerprint density at radius 1 is 1.48 bits per heavy atom. The van der Waals surface area contributed by atoms with Crippen molar-refractivity contribution in [3.63, 3.8) is 0 Å². The summed E-state index contributed by atoms with van der Waals surface area (Å²) >= 11 is 4.73. The van der Waals surface area contributed by atoms with Gasteiger partial charge in [-0.05, 0) is 57.1 Å². The summed E-state index contributed by atoms with van der Waals surface area (Å²) in [6, 6.07) is 6.15. The van der Waals surface area contributed by atoms with Crippen LogP contribution in [-0.2, 0) is 17.8 Å². The van der Waals surface area contributed by atoms with Gasteiger partial charge in [-0.15, -0.1) is 11.3 Å². The Kier molecular flexibility index (Phi) is 4.10. The third-order valence-corrected chi connectivity index (χ3v) is 5.31. The van der Waals surface area contributed by atoms with E-state index >= 15 is 0 Å². The van der Waals surface area contributed by atoms with Crippen LogP contribution in [0.2, 0.25) is 0 Å². The summed E-state index contributed by atoms with van der Waals surface area (Å²) < 4.78 is 14.0. The maximum atomic E-state index is 13.6. The number of thiophene rings is 1. The average Bonchev–Trinajstić information content (AvgIpc) is 2.90. The first-order chi connectivity index (χ1) is 10.1. The van der Waals surface area contributed by atoms with E-state index in [4.69, 9.17) is 0 Å². The number of fused-ring (bicyclic) bond motifs is 1. The van der Waals surface area contributed by atoms with Crippen LogP contribution in [0.4, 0.5) is 4.39 Å². The van der Waals surface area contributed by atoms with Gasteiger partial charge in [-0.2, -0.15) is 0 Å². The maximum absolute atomic E-state index is 13.6. The van der Waals surface area contributed by atoms with Crippen LogP contribution in [0.15, 0.2) is 34.1 Å². The molecule has 0 saturated carbocycles. The van der Waals surface area contributed by atoms with E-state index in [0.717, 1.165) is 22.4 Å². The molecule has 0 fully saturated rings. The van der Waals surface area contributed by atoms with Crippen LogP contribution in [0.1, 0.15) is 22.0 Å². The molecular weight excluding hydrogens is 357 g/mol. The Morgan fingerprint density at radius 2 is 2.29 bits per heavy atom. The Labute approximate surface area is 134 Å². The van der Waals surface area contributed by atoms with Crippen molar-refractivity contribution < 1.29 is 14.3 Å². The summed E-state index contributed by atoms with van der Waals surface area (Å²) in [6.45, 7) is 1.10. The summed E-state index contributed by atoms with van der Waals surface area (Å²) in [6.07, 6.45) is 0.843. The topological polar surface area (TPSA) is 40.5 Å². The fraction of sp³-hybridized carbons (Fsp3) is 0.267. The van der Waals surface area contributed by atoms with Crippen molar-refractivity contribution in [3.8, 4) is 0 Å². The van der Waals surface area contributed by atoms with Gasteiger partial charge >= 0.3 is 5.97 Å². The summed E-state index contributed by atoms with van der Waals surface area (Å²) in [5.74, 6) is -1.18. The third-order valence-electron chi connectivity index (χ3n) is 3.67. The highest BCUT2D eigenvalue weighted by Crippen LogP contribution is 2.34. The van der Waals surface area contributed by atoms with Gasteiger partial charge in [0.2, 0.25) is 0 Å². The van der Waals surface area contributed by atoms with Crippen LogP contribution in [0.25, 0.3) is 0 Å². The molecular formula is C15H13BrFNO2S. The lowest BCUT2D eigenvalue weighted by atomic mass is 9.99. The molecule has 6 heteroatoms. The SMILES string of the molecule is O=C(O)C1c2ccsc2CCN1Cc1ccc(Br)c(F)c1. The fourth-order valence-electron chi connectivity index (χ4n) is 2.70. The van der Waals surface area contributed by atoms with Gasteiger partial charge in [0, 0.05) is 18.0 Å². The molecule has 2 aromatic rings. The number of carboxylic acids is 1. The number of hydrogen-bond donors (Lipinski definition) is 1. The number of carboxylic acid groups (broad SMARTS) is 1. The van der Waals surface area contributed by atoms with E-state index in [1.807, 2.05) is 22.4 Å². The molecule has 0 aliphatic carbocycles. The Bertz CT molecular complexity index is 688. The highest BCUT2D eigenvalue weighted by Gasteiger charge is 2.33. The number of aliphatic carboxylic acids is 1. The number of nitrogens with zero attached hydrogens (tertiary/aromatic N) is 1. The predicted octanol–water partition coefficient (Wildman–Crippen LogP) is 3.83. The monoisotopic (exact) mass is 369 g/mol. The van der Waals surface area contributed by atoms with Crippen molar-refractivity contribution in [1.82, 2.24) is 4.90 Å². The Hall–Kier alpha value is -1.24. The summed E-state index contributed by atoms with van der Waals surface area (Å²) in [5, 5.41) is 11.5. The van der Waals surface area contributed by atoms with Crippen molar-refractivity contribution in [2.24, 2.45) is 0 Å². The molecule has 0 spiro atoms. The highest BCUT2D eigenvalue weighted by atomic mass is 79.9. The quantitative estimate of drug-likeness (QED) is 0.893. The largest absolute Gasteiger partial charge is 0.480 e. The highest BCUT2D eigenvalue weighted by molar-refractivity contribution is 9.10. The van der Waals surface area contributed by atoms with Gasteiger partial charge in [-0.25, -0.2) is 4.39 Å². The van der Waals surface area contributed by atoms with Gasteiger partial charge in [0.15, 0.2) is 0 Å². The molecule has 0 amide bonds. The van der Waals surface area contributed by atoms with E-state index in [1.54, 1.807) is 17.4 Å². The summed E-state index contributed by atoms with van der Waals surface area (Å²) in [5.41, 5.74) is 1.65. The molecule has 2 heterocycles. The number of hydrogen-bond acceptors (Lipinski definition) is 3. The third kappa shape index (κ3) is 2.88. The van der Waals surface area contributed by atoms with Crippen molar-refractivity contribution in [3.05, 3.63) is 55.9 Å². The maximum Gasteiger partial charge on any atom is 0.325 e. The molecule has 1 aromatic heterocycles. The van der Waals surface area contributed by atoms with Crippen molar-refractivity contribution in [2.75, 3.05) is 6.54 Å². The molecule has 0 radical (unpaired) electrons. The molecule has 110 valence electrons. The van der Waals surface area contributed by atoms with E-state index in [1.165, 1.54) is 6.07 Å². The number of benzene rings is 1. The molecule has 1 aliphatic rings. The molecule has 1 aromatic carbocycles. The van der Waals surface area contributed by atoms with E-state index < -0.39 is 12.0 Å². The van der Waals surface area contributed by atoms with Crippen LogP contribution in [0.3, 0.4) is 0 Å². The van der Waals surface area contributed by atoms with Crippen LogP contribution in [0.5, 0.6) is 0 Å². The number of rotatable bonds is 3. The van der Waals surface area contributed by atoms with E-state index in [-0.39, 0.29) is 5.82 Å². The lowest BCUT2D eigenvalue weighted by Gasteiger charge is -2.33. The van der Waals surface area contributed by atoms with E-state index in [0.29, 0.717) is 17.6 Å². The number of carbonyl (C=O) groups is 1. The lowest BCUT2D eigenvalue weighted by molar-refractivity contribution is -0.144. The van der Waals surface area contributed by atoms with Gasteiger partial charge in [0.05, 0.1) is 4.47 Å². The van der Waals surface area contributed by atoms with Crippen LogP contribution < -0.4 is 0 Å². The van der Waals surface area contributed by atoms with Crippen LogP contribution in [-0.4, -0.2) is 22.5 Å². The molecule has 0 saturated heterocycles. The van der Waals surface area contributed by atoms with Crippen molar-refractivity contribution >= 4 is 33.2 Å². The smallest absolute Gasteiger partial charge is 0.325 e.